The number of aromatic nitrogens is 1. The maximum atomic E-state index is 5.56. The fraction of sp³-hybridized carbons (Fsp3) is 0.286. The fourth-order valence-corrected chi connectivity index (χ4v) is 0.782. The average molecular weight is 153 g/mol. The minimum absolute atomic E-state index is 0.495. The Labute approximate surface area is 65.2 Å². The predicted molar refractivity (Wildman–Crippen MR) is 44.4 cm³/mol. The normalized spacial score (nSPS) is 9.64. The Morgan fingerprint density at radius 1 is 1.45 bits per heavy atom. The second-order valence-corrected chi connectivity index (χ2v) is 2.25. The molecule has 0 saturated heterocycles. The van der Waals surface area contributed by atoms with Gasteiger partial charge in [0.2, 0.25) is 5.88 Å². The SMILES string of the molecule is COc1cc(N)c(N)c(C)n1. The summed E-state index contributed by atoms with van der Waals surface area (Å²) in [6.07, 6.45) is 0. The zero-order valence-electron chi connectivity index (χ0n) is 6.59. The standard InChI is InChI=1S/C7H11N3O/c1-4-7(9)5(8)3-6(10-4)11-2/h3H,9H2,1-2H3,(H2,8,10). The maximum Gasteiger partial charge on any atom is 0.215 e. The fourth-order valence-electron chi connectivity index (χ4n) is 0.782. The third-order valence-electron chi connectivity index (χ3n) is 1.47. The van der Waals surface area contributed by atoms with E-state index in [-0.39, 0.29) is 0 Å². The molecule has 0 amide bonds. The van der Waals surface area contributed by atoms with Crippen LogP contribution in [0, 0.1) is 6.92 Å². The lowest BCUT2D eigenvalue weighted by atomic mass is 10.3. The summed E-state index contributed by atoms with van der Waals surface area (Å²) in [5, 5.41) is 0. The molecule has 0 spiro atoms. The first-order valence-corrected chi connectivity index (χ1v) is 3.21. The summed E-state index contributed by atoms with van der Waals surface area (Å²) in [5.74, 6) is 0.495. The summed E-state index contributed by atoms with van der Waals surface area (Å²) in [6, 6.07) is 1.60. The molecule has 1 rings (SSSR count). The van der Waals surface area contributed by atoms with Crippen molar-refractivity contribution in [2.24, 2.45) is 0 Å². The smallest absolute Gasteiger partial charge is 0.215 e. The van der Waals surface area contributed by atoms with Crippen molar-refractivity contribution < 1.29 is 4.74 Å². The van der Waals surface area contributed by atoms with E-state index in [2.05, 4.69) is 4.98 Å². The number of hydrogen-bond donors (Lipinski definition) is 2. The lowest BCUT2D eigenvalue weighted by Crippen LogP contribution is -2.01. The zero-order chi connectivity index (χ0) is 8.43. The number of nitrogens with two attached hydrogens (primary N) is 2. The Morgan fingerprint density at radius 3 is 2.55 bits per heavy atom. The van der Waals surface area contributed by atoms with E-state index in [1.54, 1.807) is 13.0 Å². The number of nitrogen functional groups attached to an aromatic ring is 2. The average Bonchev–Trinajstić information content (AvgIpc) is 1.99. The van der Waals surface area contributed by atoms with E-state index in [0.717, 1.165) is 0 Å². The summed E-state index contributed by atoms with van der Waals surface area (Å²) in [6.45, 7) is 1.79. The Morgan fingerprint density at radius 2 is 2.09 bits per heavy atom. The number of rotatable bonds is 1. The second-order valence-electron chi connectivity index (χ2n) is 2.25. The topological polar surface area (TPSA) is 74.2 Å². The Bertz CT molecular complexity index is 249. The van der Waals surface area contributed by atoms with Gasteiger partial charge in [-0.05, 0) is 6.92 Å². The first-order valence-electron chi connectivity index (χ1n) is 3.21. The highest BCUT2D eigenvalue weighted by Crippen LogP contribution is 2.21. The first kappa shape index (κ1) is 7.65. The number of ether oxygens (including phenoxy) is 1. The number of methoxy groups -OCH3 is 1. The molecule has 0 fully saturated rings. The number of hydrogen-bond acceptors (Lipinski definition) is 4. The van der Waals surface area contributed by atoms with Gasteiger partial charge in [-0.1, -0.05) is 0 Å². The highest BCUT2D eigenvalue weighted by atomic mass is 16.5. The Kier molecular flexibility index (Phi) is 1.85. The van der Waals surface area contributed by atoms with E-state index in [1.165, 1.54) is 7.11 Å². The van der Waals surface area contributed by atoms with Crippen LogP contribution in [0.15, 0.2) is 6.07 Å². The molecular weight excluding hydrogens is 142 g/mol. The predicted octanol–water partition coefficient (Wildman–Crippen LogP) is 0.563. The van der Waals surface area contributed by atoms with Crippen molar-refractivity contribution >= 4 is 11.4 Å². The monoisotopic (exact) mass is 153 g/mol. The lowest BCUT2D eigenvalue weighted by molar-refractivity contribution is 0.397. The van der Waals surface area contributed by atoms with Gasteiger partial charge in [-0.15, -0.1) is 0 Å². The molecule has 0 aliphatic heterocycles. The van der Waals surface area contributed by atoms with Crippen molar-refractivity contribution in [1.82, 2.24) is 4.98 Å². The molecule has 0 aliphatic rings. The molecule has 0 saturated carbocycles. The summed E-state index contributed by atoms with van der Waals surface area (Å²) < 4.78 is 4.88. The minimum atomic E-state index is 0.495. The van der Waals surface area contributed by atoms with E-state index in [9.17, 15) is 0 Å². The van der Waals surface area contributed by atoms with Crippen molar-refractivity contribution in [2.75, 3.05) is 18.6 Å². The van der Waals surface area contributed by atoms with E-state index in [1.807, 2.05) is 0 Å². The number of nitrogens with zero attached hydrogens (tertiary/aromatic N) is 1. The zero-order valence-corrected chi connectivity index (χ0v) is 6.59. The molecule has 1 aromatic rings. The summed E-state index contributed by atoms with van der Waals surface area (Å²) in [4.78, 5) is 4.02. The van der Waals surface area contributed by atoms with Crippen LogP contribution in [0.5, 0.6) is 5.88 Å². The van der Waals surface area contributed by atoms with Crippen LogP contribution in [0.2, 0.25) is 0 Å². The number of anilines is 2. The van der Waals surface area contributed by atoms with Gasteiger partial charge in [0.1, 0.15) is 0 Å². The Balaban J connectivity index is 3.21. The molecule has 0 radical (unpaired) electrons. The molecule has 0 bridgehead atoms. The lowest BCUT2D eigenvalue weighted by Gasteiger charge is -2.05. The van der Waals surface area contributed by atoms with Crippen LogP contribution in [0.1, 0.15) is 5.69 Å². The highest BCUT2D eigenvalue weighted by Gasteiger charge is 2.02. The van der Waals surface area contributed by atoms with Gasteiger partial charge in [-0.25, -0.2) is 4.98 Å². The van der Waals surface area contributed by atoms with Crippen LogP contribution in [-0.2, 0) is 0 Å². The van der Waals surface area contributed by atoms with Crippen LogP contribution in [-0.4, -0.2) is 12.1 Å². The van der Waals surface area contributed by atoms with Crippen LogP contribution < -0.4 is 16.2 Å². The third-order valence-corrected chi connectivity index (χ3v) is 1.47. The Hall–Kier alpha value is -1.45. The van der Waals surface area contributed by atoms with Crippen molar-refractivity contribution in [1.29, 1.82) is 0 Å². The summed E-state index contributed by atoms with van der Waals surface area (Å²) in [7, 11) is 1.54. The molecule has 0 atom stereocenters. The van der Waals surface area contributed by atoms with E-state index < -0.39 is 0 Å². The van der Waals surface area contributed by atoms with Crippen LogP contribution >= 0.6 is 0 Å². The number of pyridine rings is 1. The van der Waals surface area contributed by atoms with Gasteiger partial charge in [0, 0.05) is 6.07 Å². The van der Waals surface area contributed by atoms with Gasteiger partial charge < -0.3 is 16.2 Å². The van der Waals surface area contributed by atoms with Gasteiger partial charge in [0.15, 0.2) is 0 Å². The molecule has 4 N–H and O–H groups in total. The summed E-state index contributed by atoms with van der Waals surface area (Å²) in [5.41, 5.74) is 12.8. The van der Waals surface area contributed by atoms with Gasteiger partial charge >= 0.3 is 0 Å². The van der Waals surface area contributed by atoms with E-state index >= 15 is 0 Å². The molecule has 4 nitrogen and oxygen atoms in total. The van der Waals surface area contributed by atoms with Crippen molar-refractivity contribution in [3.63, 3.8) is 0 Å². The molecule has 11 heavy (non-hydrogen) atoms. The largest absolute Gasteiger partial charge is 0.481 e. The van der Waals surface area contributed by atoms with Crippen LogP contribution in [0.4, 0.5) is 11.4 Å². The number of aryl methyl sites for hydroxylation is 1. The van der Waals surface area contributed by atoms with Gasteiger partial charge in [0.05, 0.1) is 24.2 Å². The molecule has 4 heteroatoms. The molecule has 0 unspecified atom stereocenters. The summed E-state index contributed by atoms with van der Waals surface area (Å²) >= 11 is 0. The highest BCUT2D eigenvalue weighted by molar-refractivity contribution is 5.66. The van der Waals surface area contributed by atoms with Crippen molar-refractivity contribution in [2.45, 2.75) is 6.92 Å². The van der Waals surface area contributed by atoms with Gasteiger partial charge in [-0.3, -0.25) is 0 Å². The maximum absolute atomic E-state index is 5.56. The molecule has 1 aromatic heterocycles. The molecule has 60 valence electrons. The molecular formula is C7H11N3O. The van der Waals surface area contributed by atoms with Crippen molar-refractivity contribution in [3.8, 4) is 5.88 Å². The van der Waals surface area contributed by atoms with Gasteiger partial charge in [-0.2, -0.15) is 0 Å². The second kappa shape index (κ2) is 2.65. The van der Waals surface area contributed by atoms with Crippen molar-refractivity contribution in [3.05, 3.63) is 11.8 Å². The van der Waals surface area contributed by atoms with E-state index in [0.29, 0.717) is 22.9 Å². The molecule has 1 heterocycles. The van der Waals surface area contributed by atoms with Crippen LogP contribution in [0.25, 0.3) is 0 Å². The molecule has 0 aromatic carbocycles. The molecule has 0 aliphatic carbocycles. The van der Waals surface area contributed by atoms with Gasteiger partial charge in [0.25, 0.3) is 0 Å². The van der Waals surface area contributed by atoms with Crippen LogP contribution in [0.3, 0.4) is 0 Å². The minimum Gasteiger partial charge on any atom is -0.481 e. The van der Waals surface area contributed by atoms with E-state index in [4.69, 9.17) is 16.2 Å². The third kappa shape index (κ3) is 1.34. The first-order chi connectivity index (χ1) is 5.15. The quantitative estimate of drug-likeness (QED) is 0.618.